The van der Waals surface area contributed by atoms with E-state index in [1.807, 2.05) is 78.2 Å². The quantitative estimate of drug-likeness (QED) is 0.353. The molecule has 2 aliphatic heterocycles. The summed E-state index contributed by atoms with van der Waals surface area (Å²) in [5, 5.41) is 4.38. The zero-order valence-corrected chi connectivity index (χ0v) is 21.0. The fraction of sp³-hybridized carbons (Fsp3) is 0.179. The summed E-state index contributed by atoms with van der Waals surface area (Å²) in [7, 11) is 0. The Labute approximate surface area is 217 Å². The molecular weight excluding hydrogens is 492 g/mol. The molecule has 2 aliphatic rings. The maximum absolute atomic E-state index is 13.6. The molecule has 182 valence electrons. The molecule has 1 N–H and O–H groups in total. The highest BCUT2D eigenvalue weighted by Gasteiger charge is 2.54. The second-order valence-electron chi connectivity index (χ2n) is 8.40. The molecule has 1 fully saturated rings. The van der Waals surface area contributed by atoms with Crippen molar-refractivity contribution in [2.24, 2.45) is 0 Å². The minimum Gasteiger partial charge on any atom is -0.448 e. The number of ether oxygens (including phenoxy) is 1. The molecule has 0 spiro atoms. The molecule has 2 aromatic carbocycles. The molecule has 5 rings (SSSR count). The summed E-state index contributed by atoms with van der Waals surface area (Å²) >= 11 is 2.99. The molecule has 0 saturated carbocycles. The van der Waals surface area contributed by atoms with Crippen molar-refractivity contribution >= 4 is 40.9 Å². The number of thioether (sulfide) groups is 1. The van der Waals surface area contributed by atoms with Crippen LogP contribution in [0.15, 0.2) is 102 Å². The van der Waals surface area contributed by atoms with Crippen LogP contribution in [0.4, 0.5) is 0 Å². The molecule has 1 unspecified atom stereocenters. The van der Waals surface area contributed by atoms with Gasteiger partial charge in [0.1, 0.15) is 17.1 Å². The van der Waals surface area contributed by atoms with E-state index in [0.717, 1.165) is 16.0 Å². The van der Waals surface area contributed by atoms with E-state index < -0.39 is 18.1 Å². The summed E-state index contributed by atoms with van der Waals surface area (Å²) in [6.45, 7) is 3.84. The SMILES string of the molecule is C=CC1=C(C(=O)OC(c2ccccc2)c2ccccc2)N2C(=O)C(NC(=O)Cc3cccs3)[C@@H]2SC1. The van der Waals surface area contributed by atoms with Crippen molar-refractivity contribution < 1.29 is 19.1 Å². The van der Waals surface area contributed by atoms with Gasteiger partial charge in [0, 0.05) is 10.6 Å². The third kappa shape index (κ3) is 4.74. The third-order valence-electron chi connectivity index (χ3n) is 6.10. The Balaban J connectivity index is 1.36. The van der Waals surface area contributed by atoms with Gasteiger partial charge in [0.2, 0.25) is 5.91 Å². The van der Waals surface area contributed by atoms with Gasteiger partial charge in [-0.2, -0.15) is 0 Å². The third-order valence-corrected chi connectivity index (χ3v) is 8.28. The van der Waals surface area contributed by atoms with Crippen molar-refractivity contribution in [2.45, 2.75) is 23.9 Å². The minimum absolute atomic E-state index is 0.194. The zero-order chi connectivity index (χ0) is 25.1. The Hall–Kier alpha value is -3.62. The van der Waals surface area contributed by atoms with Crippen molar-refractivity contribution in [2.75, 3.05) is 5.75 Å². The van der Waals surface area contributed by atoms with Gasteiger partial charge in [-0.05, 0) is 28.1 Å². The van der Waals surface area contributed by atoms with Crippen molar-refractivity contribution in [3.05, 3.63) is 118 Å². The van der Waals surface area contributed by atoms with Crippen molar-refractivity contribution in [1.82, 2.24) is 10.2 Å². The number of esters is 1. The number of rotatable bonds is 8. The van der Waals surface area contributed by atoms with E-state index in [0.29, 0.717) is 11.3 Å². The molecule has 8 heteroatoms. The molecular formula is C28H24N2O4S2. The number of benzene rings is 2. The van der Waals surface area contributed by atoms with Gasteiger partial charge in [0.15, 0.2) is 6.10 Å². The molecule has 36 heavy (non-hydrogen) atoms. The van der Waals surface area contributed by atoms with Gasteiger partial charge in [0.25, 0.3) is 5.91 Å². The largest absolute Gasteiger partial charge is 0.448 e. The molecule has 0 radical (unpaired) electrons. The van der Waals surface area contributed by atoms with E-state index in [2.05, 4.69) is 11.9 Å². The number of hydrogen-bond acceptors (Lipinski definition) is 6. The minimum atomic E-state index is -0.685. The van der Waals surface area contributed by atoms with E-state index in [1.54, 1.807) is 6.08 Å². The number of thiophene rings is 1. The first kappa shape index (κ1) is 24.1. The summed E-state index contributed by atoms with van der Waals surface area (Å²) in [6, 6.07) is 22.1. The van der Waals surface area contributed by atoms with Gasteiger partial charge < -0.3 is 10.1 Å². The maximum atomic E-state index is 13.6. The fourth-order valence-corrected chi connectivity index (χ4v) is 6.38. The topological polar surface area (TPSA) is 75.7 Å². The van der Waals surface area contributed by atoms with Crippen molar-refractivity contribution in [3.8, 4) is 0 Å². The highest BCUT2D eigenvalue weighted by molar-refractivity contribution is 8.00. The summed E-state index contributed by atoms with van der Waals surface area (Å²) in [5.74, 6) is -0.647. The lowest BCUT2D eigenvalue weighted by Gasteiger charge is -2.49. The predicted molar refractivity (Wildman–Crippen MR) is 141 cm³/mol. The van der Waals surface area contributed by atoms with Crippen LogP contribution in [0.2, 0.25) is 0 Å². The predicted octanol–water partition coefficient (Wildman–Crippen LogP) is 4.46. The van der Waals surface area contributed by atoms with Crippen molar-refractivity contribution in [1.29, 1.82) is 0 Å². The molecule has 0 bridgehead atoms. The number of carbonyl (C=O) groups excluding carboxylic acids is 3. The Morgan fingerprint density at radius 2 is 1.72 bits per heavy atom. The highest BCUT2D eigenvalue weighted by Crippen LogP contribution is 2.41. The van der Waals surface area contributed by atoms with E-state index in [1.165, 1.54) is 28.0 Å². The monoisotopic (exact) mass is 516 g/mol. The fourth-order valence-electron chi connectivity index (χ4n) is 4.33. The lowest BCUT2D eigenvalue weighted by molar-refractivity contribution is -0.154. The number of carbonyl (C=O) groups is 3. The number of hydrogen-bond donors (Lipinski definition) is 1. The molecule has 1 aromatic heterocycles. The number of β-lactam (4-membered cyclic amide) rings is 1. The van der Waals surface area contributed by atoms with E-state index in [9.17, 15) is 14.4 Å². The second-order valence-corrected chi connectivity index (χ2v) is 10.5. The Bertz CT molecular complexity index is 1270. The van der Waals surface area contributed by atoms with E-state index in [4.69, 9.17) is 4.74 Å². The summed E-state index contributed by atoms with van der Waals surface area (Å²) in [5.41, 5.74) is 2.48. The van der Waals surface area contributed by atoms with Crippen LogP contribution in [-0.2, 0) is 25.5 Å². The first-order chi connectivity index (χ1) is 17.6. The molecule has 2 amide bonds. The van der Waals surface area contributed by atoms with Crippen LogP contribution >= 0.6 is 23.1 Å². The number of nitrogens with one attached hydrogen (secondary N) is 1. The molecule has 3 heterocycles. The highest BCUT2D eigenvalue weighted by atomic mass is 32.2. The van der Waals surface area contributed by atoms with E-state index in [-0.39, 0.29) is 29.3 Å². The molecule has 1 saturated heterocycles. The maximum Gasteiger partial charge on any atom is 0.356 e. The van der Waals surface area contributed by atoms with Gasteiger partial charge in [-0.25, -0.2) is 4.79 Å². The Morgan fingerprint density at radius 1 is 1.06 bits per heavy atom. The number of fused-ring (bicyclic) bond motifs is 1. The summed E-state index contributed by atoms with van der Waals surface area (Å²) in [4.78, 5) is 41.6. The molecule has 0 aliphatic carbocycles. The number of allylic oxidation sites excluding steroid dienone is 1. The average Bonchev–Trinajstić information content (AvgIpc) is 3.43. The first-order valence-electron chi connectivity index (χ1n) is 11.5. The number of amides is 2. The van der Waals surface area contributed by atoms with Crippen LogP contribution in [-0.4, -0.2) is 39.9 Å². The van der Waals surface area contributed by atoms with Crippen LogP contribution in [0.5, 0.6) is 0 Å². The standard InChI is InChI=1S/C28H24N2O4S2/c1-2-18-17-36-27-23(29-22(31)16-21-14-9-15-35-21)26(32)30(27)24(18)28(33)34-25(19-10-5-3-6-11-19)20-12-7-4-8-13-20/h2-15,23,25,27H,1,16-17H2,(H,29,31)/t23?,27-/m0/s1. The summed E-state index contributed by atoms with van der Waals surface area (Å²) in [6.07, 6.45) is 1.18. The van der Waals surface area contributed by atoms with Crippen LogP contribution in [0.3, 0.4) is 0 Å². The lowest BCUT2D eigenvalue weighted by atomic mass is 10.0. The molecule has 3 aromatic rings. The van der Waals surface area contributed by atoms with Gasteiger partial charge in [-0.15, -0.1) is 23.1 Å². The van der Waals surface area contributed by atoms with Crippen LogP contribution in [0.1, 0.15) is 22.1 Å². The second kappa shape index (κ2) is 10.6. The molecule has 6 nitrogen and oxygen atoms in total. The summed E-state index contributed by atoms with van der Waals surface area (Å²) < 4.78 is 6.05. The normalized spacial score (nSPS) is 18.9. The zero-order valence-electron chi connectivity index (χ0n) is 19.3. The first-order valence-corrected chi connectivity index (χ1v) is 13.4. The van der Waals surface area contributed by atoms with Crippen LogP contribution in [0.25, 0.3) is 0 Å². The Morgan fingerprint density at radius 3 is 2.31 bits per heavy atom. The Kier molecular flexibility index (Phi) is 7.06. The van der Waals surface area contributed by atoms with E-state index >= 15 is 0 Å². The smallest absolute Gasteiger partial charge is 0.356 e. The van der Waals surface area contributed by atoms with Gasteiger partial charge in [-0.3, -0.25) is 14.5 Å². The van der Waals surface area contributed by atoms with Crippen LogP contribution < -0.4 is 5.32 Å². The molecule has 2 atom stereocenters. The lowest BCUT2D eigenvalue weighted by Crippen LogP contribution is -2.70. The van der Waals surface area contributed by atoms with Crippen LogP contribution in [0, 0.1) is 0 Å². The van der Waals surface area contributed by atoms with Gasteiger partial charge in [0.05, 0.1) is 6.42 Å². The average molecular weight is 517 g/mol. The number of nitrogens with zero attached hydrogens (tertiary/aromatic N) is 1. The van der Waals surface area contributed by atoms with Gasteiger partial charge >= 0.3 is 5.97 Å². The van der Waals surface area contributed by atoms with Gasteiger partial charge in [-0.1, -0.05) is 79.4 Å². The van der Waals surface area contributed by atoms with Crippen molar-refractivity contribution in [3.63, 3.8) is 0 Å².